The summed E-state index contributed by atoms with van der Waals surface area (Å²) < 4.78 is 0. The van der Waals surface area contributed by atoms with E-state index in [9.17, 15) is 9.90 Å². The molecule has 0 bridgehead atoms. The molecule has 0 fully saturated rings. The molecule has 0 saturated heterocycles. The van der Waals surface area contributed by atoms with E-state index in [0.29, 0.717) is 11.3 Å². The predicted molar refractivity (Wildman–Crippen MR) is 54.8 cm³/mol. The van der Waals surface area contributed by atoms with Crippen LogP contribution >= 0.6 is 0 Å². The Labute approximate surface area is 81.4 Å². The molecule has 1 aliphatic heterocycles. The van der Waals surface area contributed by atoms with Crippen molar-refractivity contribution in [3.8, 4) is 0 Å². The summed E-state index contributed by atoms with van der Waals surface area (Å²) in [6.45, 7) is 3.77. The second kappa shape index (κ2) is 3.03. The summed E-state index contributed by atoms with van der Waals surface area (Å²) in [5, 5.41) is 11.9. The predicted octanol–water partition coefficient (Wildman–Crippen LogP) is 2.09. The lowest BCUT2D eigenvalue weighted by Crippen LogP contribution is -2.12. The number of hydrogen-bond acceptors (Lipinski definition) is 2. The summed E-state index contributed by atoms with van der Waals surface area (Å²) in [6.07, 6.45) is 1.36. The van der Waals surface area contributed by atoms with Crippen LogP contribution in [-0.2, 0) is 4.79 Å². The number of anilines is 1. The Balaban J connectivity index is 2.59. The maximum absolute atomic E-state index is 11.3. The summed E-state index contributed by atoms with van der Waals surface area (Å²) in [7, 11) is 0. The van der Waals surface area contributed by atoms with Gasteiger partial charge in [-0.15, -0.1) is 0 Å². The van der Waals surface area contributed by atoms with E-state index >= 15 is 0 Å². The number of carbonyl (C=O) groups is 1. The lowest BCUT2D eigenvalue weighted by molar-refractivity contribution is -0.115. The number of carbonyl (C=O) groups excluding carboxylic acids is 1. The molecule has 1 amide bonds. The number of aliphatic hydroxyl groups excluding tert-OH is 1. The molecule has 1 aromatic rings. The van der Waals surface area contributed by atoms with Gasteiger partial charge in [0, 0.05) is 11.3 Å². The van der Waals surface area contributed by atoms with Crippen molar-refractivity contribution < 1.29 is 9.90 Å². The number of amides is 1. The fraction of sp³-hybridized carbons (Fsp3) is 0. The van der Waals surface area contributed by atoms with E-state index in [2.05, 4.69) is 11.9 Å². The minimum atomic E-state index is -0.504. The van der Waals surface area contributed by atoms with Crippen LogP contribution < -0.4 is 5.32 Å². The molecular weight excluding hydrogens is 178 g/mol. The second-order valence-corrected chi connectivity index (χ2v) is 3.05. The Hall–Kier alpha value is -2.03. The molecule has 1 aliphatic rings. The Kier molecular flexibility index (Phi) is 1.85. The van der Waals surface area contributed by atoms with Crippen LogP contribution in [0.5, 0.6) is 0 Å². The molecule has 14 heavy (non-hydrogen) atoms. The molecule has 0 saturated carbocycles. The standard InChI is InChI=1S/C11H9NO2/c1-7-6-10(13)11(14)12-9-5-3-2-4-8(7)9/h2-6,13H,1H2,(H,12,14). The zero-order valence-electron chi connectivity index (χ0n) is 7.45. The SMILES string of the molecule is C=C1C=C(O)C(=O)Nc2ccccc21. The monoisotopic (exact) mass is 187 g/mol. The average molecular weight is 187 g/mol. The second-order valence-electron chi connectivity index (χ2n) is 3.05. The summed E-state index contributed by atoms with van der Waals surface area (Å²) in [6, 6.07) is 7.28. The van der Waals surface area contributed by atoms with Gasteiger partial charge in [-0.3, -0.25) is 4.79 Å². The minimum absolute atomic E-state index is 0.314. The topological polar surface area (TPSA) is 49.3 Å². The van der Waals surface area contributed by atoms with Crippen molar-refractivity contribution in [3.05, 3.63) is 48.2 Å². The molecule has 1 heterocycles. The van der Waals surface area contributed by atoms with Gasteiger partial charge in [0.15, 0.2) is 5.76 Å². The number of fused-ring (bicyclic) bond motifs is 1. The van der Waals surface area contributed by atoms with Crippen LogP contribution in [0.15, 0.2) is 42.7 Å². The highest BCUT2D eigenvalue weighted by atomic mass is 16.3. The van der Waals surface area contributed by atoms with Gasteiger partial charge in [-0.1, -0.05) is 24.8 Å². The normalized spacial score (nSPS) is 15.3. The molecule has 3 heteroatoms. The van der Waals surface area contributed by atoms with Gasteiger partial charge >= 0.3 is 0 Å². The fourth-order valence-electron chi connectivity index (χ4n) is 1.37. The molecule has 2 rings (SSSR count). The van der Waals surface area contributed by atoms with E-state index in [1.807, 2.05) is 18.2 Å². The van der Waals surface area contributed by atoms with Crippen LogP contribution in [0.2, 0.25) is 0 Å². The molecule has 70 valence electrons. The Bertz CT molecular complexity index is 446. The van der Waals surface area contributed by atoms with E-state index in [0.717, 1.165) is 5.56 Å². The lowest BCUT2D eigenvalue weighted by atomic mass is 10.1. The third-order valence-corrected chi connectivity index (χ3v) is 2.06. The first kappa shape index (κ1) is 8.56. The Morgan fingerprint density at radius 3 is 2.79 bits per heavy atom. The molecular formula is C11H9NO2. The summed E-state index contributed by atoms with van der Waals surface area (Å²) >= 11 is 0. The molecule has 3 nitrogen and oxygen atoms in total. The number of aliphatic hydroxyl groups is 1. The lowest BCUT2D eigenvalue weighted by Gasteiger charge is -2.05. The van der Waals surface area contributed by atoms with Gasteiger partial charge < -0.3 is 10.4 Å². The number of allylic oxidation sites excluding steroid dienone is 2. The maximum atomic E-state index is 11.3. The molecule has 0 aliphatic carbocycles. The van der Waals surface area contributed by atoms with E-state index in [1.165, 1.54) is 6.08 Å². The van der Waals surface area contributed by atoms with Gasteiger partial charge in [-0.2, -0.15) is 0 Å². The van der Waals surface area contributed by atoms with Gasteiger partial charge in [0.05, 0.1) is 0 Å². The van der Waals surface area contributed by atoms with Crippen LogP contribution in [-0.4, -0.2) is 11.0 Å². The number of hydrogen-bond donors (Lipinski definition) is 2. The quantitative estimate of drug-likeness (QED) is 0.653. The fourth-order valence-corrected chi connectivity index (χ4v) is 1.37. The molecule has 1 aromatic carbocycles. The largest absolute Gasteiger partial charge is 0.503 e. The molecule has 2 N–H and O–H groups in total. The maximum Gasteiger partial charge on any atom is 0.290 e. The molecule has 0 aromatic heterocycles. The number of nitrogens with one attached hydrogen (secondary N) is 1. The van der Waals surface area contributed by atoms with Crippen molar-refractivity contribution in [2.45, 2.75) is 0 Å². The highest BCUT2D eigenvalue weighted by molar-refractivity contribution is 6.07. The van der Waals surface area contributed by atoms with Crippen LogP contribution in [0.3, 0.4) is 0 Å². The van der Waals surface area contributed by atoms with E-state index in [1.54, 1.807) is 6.07 Å². The Morgan fingerprint density at radius 2 is 2.00 bits per heavy atom. The summed E-state index contributed by atoms with van der Waals surface area (Å²) in [4.78, 5) is 11.3. The molecule has 0 spiro atoms. The smallest absolute Gasteiger partial charge is 0.290 e. The first-order valence-corrected chi connectivity index (χ1v) is 4.19. The molecule has 0 atom stereocenters. The van der Waals surface area contributed by atoms with Gasteiger partial charge in [0.1, 0.15) is 0 Å². The molecule has 0 unspecified atom stereocenters. The van der Waals surface area contributed by atoms with Crippen molar-refractivity contribution in [2.24, 2.45) is 0 Å². The summed E-state index contributed by atoms with van der Waals surface area (Å²) in [5.74, 6) is -0.817. The third-order valence-electron chi connectivity index (χ3n) is 2.06. The average Bonchev–Trinajstić information content (AvgIpc) is 2.27. The van der Waals surface area contributed by atoms with Crippen LogP contribution in [0.1, 0.15) is 5.56 Å². The van der Waals surface area contributed by atoms with E-state index < -0.39 is 5.91 Å². The van der Waals surface area contributed by atoms with Gasteiger partial charge in [0.25, 0.3) is 5.91 Å². The third kappa shape index (κ3) is 1.29. The number of rotatable bonds is 0. The van der Waals surface area contributed by atoms with Crippen molar-refractivity contribution >= 4 is 17.2 Å². The van der Waals surface area contributed by atoms with Gasteiger partial charge in [-0.25, -0.2) is 0 Å². The number of para-hydroxylation sites is 1. The van der Waals surface area contributed by atoms with Gasteiger partial charge in [0.2, 0.25) is 0 Å². The zero-order chi connectivity index (χ0) is 10.1. The van der Waals surface area contributed by atoms with Crippen molar-refractivity contribution in [1.82, 2.24) is 0 Å². The van der Waals surface area contributed by atoms with Crippen molar-refractivity contribution in [1.29, 1.82) is 0 Å². The van der Waals surface area contributed by atoms with Crippen molar-refractivity contribution in [2.75, 3.05) is 5.32 Å². The highest BCUT2D eigenvalue weighted by Crippen LogP contribution is 2.26. The zero-order valence-corrected chi connectivity index (χ0v) is 7.45. The first-order chi connectivity index (χ1) is 6.68. The minimum Gasteiger partial charge on any atom is -0.503 e. The van der Waals surface area contributed by atoms with Crippen LogP contribution in [0.25, 0.3) is 5.57 Å². The van der Waals surface area contributed by atoms with E-state index in [4.69, 9.17) is 0 Å². The summed E-state index contributed by atoms with van der Waals surface area (Å²) in [5.41, 5.74) is 2.11. The van der Waals surface area contributed by atoms with Gasteiger partial charge in [-0.05, 0) is 17.7 Å². The molecule has 0 radical (unpaired) electrons. The van der Waals surface area contributed by atoms with Crippen LogP contribution in [0, 0.1) is 0 Å². The first-order valence-electron chi connectivity index (χ1n) is 4.19. The Morgan fingerprint density at radius 1 is 1.29 bits per heavy atom. The highest BCUT2D eigenvalue weighted by Gasteiger charge is 2.16. The van der Waals surface area contributed by atoms with E-state index in [-0.39, 0.29) is 5.76 Å². The van der Waals surface area contributed by atoms with Crippen molar-refractivity contribution in [3.63, 3.8) is 0 Å². The van der Waals surface area contributed by atoms with Crippen LogP contribution in [0.4, 0.5) is 5.69 Å². The number of benzene rings is 1.